The van der Waals surface area contributed by atoms with Crippen molar-refractivity contribution in [3.63, 3.8) is 0 Å². The summed E-state index contributed by atoms with van der Waals surface area (Å²) < 4.78 is 46.9. The van der Waals surface area contributed by atoms with Crippen molar-refractivity contribution >= 4 is 44.2 Å². The van der Waals surface area contributed by atoms with Crippen molar-refractivity contribution in [3.05, 3.63) is 28.6 Å². The highest BCUT2D eigenvalue weighted by Gasteiger charge is 2.32. The predicted octanol–water partition coefficient (Wildman–Crippen LogP) is 4.28. The molecule has 2 saturated heterocycles. The Bertz CT molecular complexity index is 1260. The quantitative estimate of drug-likeness (QED) is 0.333. The summed E-state index contributed by atoms with van der Waals surface area (Å²) in [6.45, 7) is 5.22. The van der Waals surface area contributed by atoms with Gasteiger partial charge in [0.05, 0.1) is 5.39 Å². The van der Waals surface area contributed by atoms with E-state index in [0.29, 0.717) is 42.2 Å². The van der Waals surface area contributed by atoms with Gasteiger partial charge in [0.25, 0.3) is 0 Å². The normalized spacial score (nSPS) is 16.8. The van der Waals surface area contributed by atoms with E-state index < -0.39 is 25.6 Å². The van der Waals surface area contributed by atoms with Crippen LogP contribution in [0.5, 0.6) is 5.75 Å². The number of anilines is 3. The third kappa shape index (κ3) is 6.19. The van der Waals surface area contributed by atoms with Gasteiger partial charge in [0.1, 0.15) is 42.5 Å². The second-order valence-corrected chi connectivity index (χ2v) is 11.0. The zero-order chi connectivity index (χ0) is 27.4. The van der Waals surface area contributed by atoms with Gasteiger partial charge in [0, 0.05) is 62.8 Å². The van der Waals surface area contributed by atoms with Gasteiger partial charge in [-0.05, 0) is 54.3 Å². The maximum atomic E-state index is 14.3. The van der Waals surface area contributed by atoms with Crippen molar-refractivity contribution in [1.29, 1.82) is 0 Å². The van der Waals surface area contributed by atoms with E-state index in [-0.39, 0.29) is 0 Å². The summed E-state index contributed by atoms with van der Waals surface area (Å²) in [4.78, 5) is 15.6. The lowest BCUT2D eigenvalue weighted by Crippen LogP contribution is -2.47. The first kappa shape index (κ1) is 27.8. The Balaban J connectivity index is 1.33. The fourth-order valence-electron chi connectivity index (χ4n) is 5.16. The third-order valence-corrected chi connectivity index (χ3v) is 8.06. The highest BCUT2D eigenvalue weighted by atomic mass is 79.9. The zero-order valence-corrected chi connectivity index (χ0v) is 23.6. The Hall–Kier alpha value is -2.80. The second kappa shape index (κ2) is 12.2. The van der Waals surface area contributed by atoms with Crippen molar-refractivity contribution in [2.75, 3.05) is 87.4 Å². The largest absolute Gasteiger partial charge is 0.490 e. The van der Waals surface area contributed by atoms with Gasteiger partial charge in [-0.1, -0.05) is 0 Å². The molecule has 0 radical (unpaired) electrons. The molecule has 0 amide bonds. The standard InChI is InChI=1S/C26H34BrF3N8O/c1-18-20(31-4-7-36-5-2-3-6-36)12-19(39-16-26(30,14-28)15-29)13-21(18)37-8-10-38(11-9-37)25-22-23(27)34-35-24(22)32-17-33-25/h12-13,17,31H,2-11,14-16H2,1H3,(H,32,33,34,35). The summed E-state index contributed by atoms with van der Waals surface area (Å²) in [5.74, 6) is 1.19. The van der Waals surface area contributed by atoms with Crippen LogP contribution in [0.1, 0.15) is 18.4 Å². The van der Waals surface area contributed by atoms with Crippen LogP contribution >= 0.6 is 15.9 Å². The Morgan fingerprint density at radius 2 is 1.77 bits per heavy atom. The lowest BCUT2D eigenvalue weighted by Gasteiger charge is -2.38. The minimum Gasteiger partial charge on any atom is -0.490 e. The summed E-state index contributed by atoms with van der Waals surface area (Å²) in [5, 5.41) is 11.5. The van der Waals surface area contributed by atoms with Crippen LogP contribution in [-0.4, -0.2) is 103 Å². The third-order valence-electron chi connectivity index (χ3n) is 7.49. The smallest absolute Gasteiger partial charge is 0.200 e. The predicted molar refractivity (Wildman–Crippen MR) is 150 cm³/mol. The Labute approximate surface area is 234 Å². The number of hydrogen-bond acceptors (Lipinski definition) is 8. The maximum absolute atomic E-state index is 14.3. The van der Waals surface area contributed by atoms with Crippen LogP contribution in [0.3, 0.4) is 0 Å². The number of benzene rings is 1. The van der Waals surface area contributed by atoms with Crippen LogP contribution in [-0.2, 0) is 0 Å². The summed E-state index contributed by atoms with van der Waals surface area (Å²) in [5.41, 5.74) is 0.878. The van der Waals surface area contributed by atoms with Gasteiger partial charge in [0.15, 0.2) is 5.65 Å². The van der Waals surface area contributed by atoms with Gasteiger partial charge in [-0.3, -0.25) is 5.10 Å². The minimum atomic E-state index is -2.65. The highest BCUT2D eigenvalue weighted by molar-refractivity contribution is 9.10. The molecule has 2 N–H and O–H groups in total. The number of nitrogens with zero attached hydrogens (tertiary/aromatic N) is 6. The Morgan fingerprint density at radius 1 is 1.05 bits per heavy atom. The van der Waals surface area contributed by atoms with E-state index in [9.17, 15) is 13.2 Å². The number of piperazine rings is 1. The molecular formula is C26H34BrF3N8O. The number of ether oxygens (including phenoxy) is 1. The number of hydrogen-bond donors (Lipinski definition) is 2. The van der Waals surface area contributed by atoms with Crippen LogP contribution in [0.2, 0.25) is 0 Å². The molecule has 2 aliphatic heterocycles. The number of fused-ring (bicyclic) bond motifs is 1. The van der Waals surface area contributed by atoms with Crippen molar-refractivity contribution < 1.29 is 17.9 Å². The van der Waals surface area contributed by atoms with Crippen LogP contribution in [0.15, 0.2) is 23.1 Å². The van der Waals surface area contributed by atoms with E-state index in [1.54, 1.807) is 6.07 Å². The molecule has 3 aromatic rings. The number of likely N-dealkylation sites (tertiary alicyclic amines) is 1. The fourth-order valence-corrected chi connectivity index (χ4v) is 5.61. The molecule has 13 heteroatoms. The summed E-state index contributed by atoms with van der Waals surface area (Å²) in [7, 11) is 0. The average molecular weight is 612 g/mol. The number of halogens is 4. The van der Waals surface area contributed by atoms with Crippen LogP contribution in [0.25, 0.3) is 11.0 Å². The molecule has 4 heterocycles. The SMILES string of the molecule is Cc1c(NCCN2CCCC2)cc(OCC(F)(CF)CF)cc1N1CCN(c2ncnc3[nH]nc(Br)c23)CC1. The number of H-pyrrole nitrogens is 1. The summed E-state index contributed by atoms with van der Waals surface area (Å²) in [6, 6.07) is 3.63. The monoisotopic (exact) mass is 610 g/mol. The highest BCUT2D eigenvalue weighted by Crippen LogP contribution is 2.35. The molecule has 212 valence electrons. The molecule has 0 bridgehead atoms. The molecule has 2 aliphatic rings. The van der Waals surface area contributed by atoms with Gasteiger partial charge < -0.3 is 24.8 Å². The number of aromatic nitrogens is 4. The first-order valence-electron chi connectivity index (χ1n) is 13.3. The van der Waals surface area contributed by atoms with E-state index in [2.05, 4.69) is 56.1 Å². The van der Waals surface area contributed by atoms with E-state index in [1.807, 2.05) is 13.0 Å². The molecule has 0 aliphatic carbocycles. The number of rotatable bonds is 11. The molecule has 0 atom stereocenters. The Kier molecular flexibility index (Phi) is 8.65. The van der Waals surface area contributed by atoms with Crippen molar-refractivity contribution in [1.82, 2.24) is 25.1 Å². The van der Waals surface area contributed by atoms with Crippen molar-refractivity contribution in [2.45, 2.75) is 25.4 Å². The van der Waals surface area contributed by atoms with Crippen molar-refractivity contribution in [2.24, 2.45) is 0 Å². The minimum absolute atomic E-state index is 0.380. The van der Waals surface area contributed by atoms with E-state index in [1.165, 1.54) is 19.2 Å². The van der Waals surface area contributed by atoms with Crippen LogP contribution in [0.4, 0.5) is 30.4 Å². The van der Waals surface area contributed by atoms with Gasteiger partial charge in [-0.2, -0.15) is 5.10 Å². The molecular weight excluding hydrogens is 577 g/mol. The van der Waals surface area contributed by atoms with Crippen LogP contribution in [0, 0.1) is 6.92 Å². The number of nitrogens with one attached hydrogen (secondary N) is 2. The molecule has 0 saturated carbocycles. The summed E-state index contributed by atoms with van der Waals surface area (Å²) >= 11 is 3.48. The zero-order valence-electron chi connectivity index (χ0n) is 22.0. The fraction of sp³-hybridized carbons (Fsp3) is 0.577. The molecule has 5 rings (SSSR count). The second-order valence-electron chi connectivity index (χ2n) is 10.2. The number of aromatic amines is 1. The first-order chi connectivity index (χ1) is 18.9. The lowest BCUT2D eigenvalue weighted by molar-refractivity contribution is 0.0351. The van der Waals surface area contributed by atoms with Crippen molar-refractivity contribution in [3.8, 4) is 5.75 Å². The molecule has 2 aromatic heterocycles. The Morgan fingerprint density at radius 3 is 2.49 bits per heavy atom. The van der Waals surface area contributed by atoms with E-state index in [4.69, 9.17) is 4.74 Å². The van der Waals surface area contributed by atoms with Gasteiger partial charge >= 0.3 is 0 Å². The molecule has 1 aromatic carbocycles. The van der Waals surface area contributed by atoms with E-state index >= 15 is 0 Å². The van der Waals surface area contributed by atoms with Gasteiger partial charge in [-0.15, -0.1) is 0 Å². The summed E-state index contributed by atoms with van der Waals surface area (Å²) in [6.07, 6.45) is 3.98. The molecule has 0 spiro atoms. The maximum Gasteiger partial charge on any atom is 0.200 e. The first-order valence-corrected chi connectivity index (χ1v) is 14.1. The molecule has 0 unspecified atom stereocenters. The molecule has 2 fully saturated rings. The van der Waals surface area contributed by atoms with Gasteiger partial charge in [-0.25, -0.2) is 23.1 Å². The van der Waals surface area contributed by atoms with Gasteiger partial charge in [0.2, 0.25) is 5.67 Å². The molecule has 9 nitrogen and oxygen atoms in total. The molecule has 39 heavy (non-hydrogen) atoms. The average Bonchev–Trinajstić information content (AvgIpc) is 3.63. The number of alkyl halides is 3. The lowest BCUT2D eigenvalue weighted by atomic mass is 10.1. The van der Waals surface area contributed by atoms with Crippen LogP contribution < -0.4 is 19.9 Å². The van der Waals surface area contributed by atoms with E-state index in [0.717, 1.165) is 54.3 Å². The topological polar surface area (TPSA) is 85.4 Å².